The minimum absolute atomic E-state index is 0.522. The van der Waals surface area contributed by atoms with Crippen LogP contribution < -0.4 is 5.32 Å². The molecule has 102 valence electrons. The van der Waals surface area contributed by atoms with E-state index in [9.17, 15) is 0 Å². The zero-order chi connectivity index (χ0) is 14.1. The summed E-state index contributed by atoms with van der Waals surface area (Å²) in [5.41, 5.74) is 4.69. The highest BCUT2D eigenvalue weighted by Gasteiger charge is 2.07. The predicted octanol–water partition coefficient (Wildman–Crippen LogP) is 4.74. The first-order valence-electron chi connectivity index (χ1n) is 6.95. The molecule has 3 aromatic rings. The Labute approximate surface area is 119 Å². The zero-order valence-electron chi connectivity index (χ0n) is 12.1. The third-order valence-corrected chi connectivity index (χ3v) is 3.62. The molecule has 20 heavy (non-hydrogen) atoms. The van der Waals surface area contributed by atoms with Crippen LogP contribution in [0.4, 0.5) is 11.5 Å². The molecule has 0 aliphatic carbocycles. The summed E-state index contributed by atoms with van der Waals surface area (Å²) in [7, 11) is 0. The number of aromatic amines is 1. The van der Waals surface area contributed by atoms with Crippen molar-refractivity contribution < 1.29 is 0 Å². The summed E-state index contributed by atoms with van der Waals surface area (Å²) in [6.45, 7) is 6.50. The molecule has 3 heteroatoms. The predicted molar refractivity (Wildman–Crippen MR) is 84.6 cm³/mol. The topological polar surface area (TPSA) is 40.7 Å². The van der Waals surface area contributed by atoms with Crippen molar-refractivity contribution in [2.45, 2.75) is 26.7 Å². The van der Waals surface area contributed by atoms with Gasteiger partial charge in [-0.2, -0.15) is 0 Å². The SMILES string of the molecule is Cc1c[nH]c2c(Nc3cccc(C(C)C)c3)nccc12. The van der Waals surface area contributed by atoms with Gasteiger partial charge in [0.05, 0.1) is 5.52 Å². The summed E-state index contributed by atoms with van der Waals surface area (Å²) in [4.78, 5) is 7.74. The molecule has 0 bridgehead atoms. The first-order chi connectivity index (χ1) is 9.65. The van der Waals surface area contributed by atoms with Crippen LogP contribution >= 0.6 is 0 Å². The molecule has 0 radical (unpaired) electrons. The van der Waals surface area contributed by atoms with Gasteiger partial charge in [-0.25, -0.2) is 4.98 Å². The van der Waals surface area contributed by atoms with Crippen LogP contribution in [0.15, 0.2) is 42.7 Å². The fourth-order valence-electron chi connectivity index (χ4n) is 2.40. The molecular formula is C17H19N3. The van der Waals surface area contributed by atoms with Crippen molar-refractivity contribution in [1.29, 1.82) is 0 Å². The van der Waals surface area contributed by atoms with Crippen LogP contribution in [-0.2, 0) is 0 Å². The number of benzene rings is 1. The van der Waals surface area contributed by atoms with Gasteiger partial charge >= 0.3 is 0 Å². The van der Waals surface area contributed by atoms with Gasteiger partial charge in [-0.3, -0.25) is 0 Å². The van der Waals surface area contributed by atoms with E-state index in [0.29, 0.717) is 5.92 Å². The molecule has 3 nitrogen and oxygen atoms in total. The van der Waals surface area contributed by atoms with E-state index in [-0.39, 0.29) is 0 Å². The first kappa shape index (κ1) is 12.7. The van der Waals surface area contributed by atoms with Gasteiger partial charge in [0, 0.05) is 23.5 Å². The van der Waals surface area contributed by atoms with E-state index >= 15 is 0 Å². The van der Waals surface area contributed by atoms with Gasteiger partial charge in [0.25, 0.3) is 0 Å². The van der Waals surface area contributed by atoms with Crippen LogP contribution in [0.1, 0.15) is 30.9 Å². The molecule has 1 aromatic carbocycles. The molecular weight excluding hydrogens is 246 g/mol. The lowest BCUT2D eigenvalue weighted by atomic mass is 10.0. The van der Waals surface area contributed by atoms with Crippen molar-refractivity contribution >= 4 is 22.4 Å². The average Bonchev–Trinajstić information content (AvgIpc) is 2.82. The summed E-state index contributed by atoms with van der Waals surface area (Å²) >= 11 is 0. The van der Waals surface area contributed by atoms with E-state index < -0.39 is 0 Å². The highest BCUT2D eigenvalue weighted by molar-refractivity contribution is 5.92. The van der Waals surface area contributed by atoms with Crippen LogP contribution in [0, 0.1) is 6.92 Å². The van der Waals surface area contributed by atoms with Gasteiger partial charge in [0.1, 0.15) is 0 Å². The monoisotopic (exact) mass is 265 g/mol. The average molecular weight is 265 g/mol. The van der Waals surface area contributed by atoms with Gasteiger partial charge in [0.15, 0.2) is 5.82 Å². The summed E-state index contributed by atoms with van der Waals surface area (Å²) < 4.78 is 0. The summed E-state index contributed by atoms with van der Waals surface area (Å²) in [5.74, 6) is 1.39. The van der Waals surface area contributed by atoms with Crippen molar-refractivity contribution in [2.24, 2.45) is 0 Å². The maximum Gasteiger partial charge on any atom is 0.154 e. The second-order valence-corrected chi connectivity index (χ2v) is 5.46. The quantitative estimate of drug-likeness (QED) is 0.718. The molecule has 3 rings (SSSR count). The molecule has 0 amide bonds. The molecule has 0 aliphatic rings. The standard InChI is InChI=1S/C17H19N3/c1-11(2)13-5-4-6-14(9-13)20-17-16-15(7-8-18-17)12(3)10-19-16/h4-11,19H,1-3H3,(H,18,20). The van der Waals surface area contributed by atoms with E-state index in [1.807, 2.05) is 18.5 Å². The Morgan fingerprint density at radius 1 is 1.20 bits per heavy atom. The fraction of sp³-hybridized carbons (Fsp3) is 0.235. The number of anilines is 2. The third-order valence-electron chi connectivity index (χ3n) is 3.62. The van der Waals surface area contributed by atoms with Gasteiger partial charge in [-0.1, -0.05) is 26.0 Å². The maximum absolute atomic E-state index is 4.45. The van der Waals surface area contributed by atoms with Gasteiger partial charge in [0.2, 0.25) is 0 Å². The lowest BCUT2D eigenvalue weighted by Crippen LogP contribution is -1.96. The number of nitrogens with zero attached hydrogens (tertiary/aromatic N) is 1. The molecule has 0 atom stereocenters. The number of pyridine rings is 1. The number of aromatic nitrogens is 2. The van der Waals surface area contributed by atoms with Crippen molar-refractivity contribution in [2.75, 3.05) is 5.32 Å². The number of hydrogen-bond donors (Lipinski definition) is 2. The van der Waals surface area contributed by atoms with Crippen LogP contribution in [0.25, 0.3) is 10.9 Å². The second-order valence-electron chi connectivity index (χ2n) is 5.46. The molecule has 2 heterocycles. The van der Waals surface area contributed by atoms with E-state index in [1.165, 1.54) is 16.5 Å². The highest BCUT2D eigenvalue weighted by atomic mass is 15.0. The van der Waals surface area contributed by atoms with Crippen molar-refractivity contribution in [3.05, 3.63) is 53.9 Å². The Bertz CT molecular complexity index is 741. The van der Waals surface area contributed by atoms with E-state index in [1.54, 1.807) is 0 Å². The molecule has 0 saturated heterocycles. The van der Waals surface area contributed by atoms with Gasteiger partial charge in [-0.15, -0.1) is 0 Å². The number of H-pyrrole nitrogens is 1. The number of aryl methyl sites for hydroxylation is 1. The van der Waals surface area contributed by atoms with Crippen molar-refractivity contribution in [1.82, 2.24) is 9.97 Å². The minimum atomic E-state index is 0.522. The smallest absolute Gasteiger partial charge is 0.154 e. The van der Waals surface area contributed by atoms with Crippen LogP contribution in [0.5, 0.6) is 0 Å². The molecule has 0 aliphatic heterocycles. The summed E-state index contributed by atoms with van der Waals surface area (Å²) in [6, 6.07) is 10.5. The molecule has 0 saturated carbocycles. The normalized spacial score (nSPS) is 11.2. The Morgan fingerprint density at radius 2 is 2.05 bits per heavy atom. The van der Waals surface area contributed by atoms with E-state index in [0.717, 1.165) is 17.0 Å². The van der Waals surface area contributed by atoms with Crippen molar-refractivity contribution in [3.63, 3.8) is 0 Å². The summed E-state index contributed by atoms with van der Waals surface area (Å²) in [5, 5.41) is 4.62. The maximum atomic E-state index is 4.45. The number of nitrogens with one attached hydrogen (secondary N) is 2. The molecule has 0 unspecified atom stereocenters. The van der Waals surface area contributed by atoms with Crippen LogP contribution in [-0.4, -0.2) is 9.97 Å². The van der Waals surface area contributed by atoms with Crippen molar-refractivity contribution in [3.8, 4) is 0 Å². The molecule has 0 spiro atoms. The first-order valence-corrected chi connectivity index (χ1v) is 6.95. The molecule has 0 fully saturated rings. The largest absolute Gasteiger partial charge is 0.358 e. The minimum Gasteiger partial charge on any atom is -0.358 e. The van der Waals surface area contributed by atoms with Gasteiger partial charge < -0.3 is 10.3 Å². The summed E-state index contributed by atoms with van der Waals surface area (Å²) in [6.07, 6.45) is 3.86. The number of rotatable bonds is 3. The van der Waals surface area contributed by atoms with E-state index in [4.69, 9.17) is 0 Å². The third kappa shape index (κ3) is 2.27. The van der Waals surface area contributed by atoms with Crippen LogP contribution in [0.3, 0.4) is 0 Å². The molecule has 2 aromatic heterocycles. The number of hydrogen-bond acceptors (Lipinski definition) is 2. The second kappa shape index (κ2) is 5.00. The Morgan fingerprint density at radius 3 is 2.85 bits per heavy atom. The van der Waals surface area contributed by atoms with E-state index in [2.05, 4.69) is 60.3 Å². The highest BCUT2D eigenvalue weighted by Crippen LogP contribution is 2.26. The van der Waals surface area contributed by atoms with Gasteiger partial charge in [-0.05, 0) is 42.2 Å². The molecule has 2 N–H and O–H groups in total. The zero-order valence-corrected chi connectivity index (χ0v) is 12.1. The van der Waals surface area contributed by atoms with Crippen LogP contribution in [0.2, 0.25) is 0 Å². The Balaban J connectivity index is 1.99. The fourth-order valence-corrected chi connectivity index (χ4v) is 2.40. The Hall–Kier alpha value is -2.29. The lowest BCUT2D eigenvalue weighted by molar-refractivity contribution is 0.867. The Kier molecular flexibility index (Phi) is 3.18. The number of fused-ring (bicyclic) bond motifs is 1. The lowest BCUT2D eigenvalue weighted by Gasteiger charge is -2.10.